The second-order valence-electron chi connectivity index (χ2n) is 10.1. The van der Waals surface area contributed by atoms with E-state index < -0.39 is 29.9 Å². The van der Waals surface area contributed by atoms with Crippen LogP contribution in [0.3, 0.4) is 0 Å². The normalized spacial score (nSPS) is 15.2. The van der Waals surface area contributed by atoms with E-state index in [0.717, 1.165) is 40.6 Å². The second-order valence-corrected chi connectivity index (χ2v) is 10.1. The molecule has 212 valence electrons. The molecule has 0 saturated heterocycles. The van der Waals surface area contributed by atoms with Gasteiger partial charge in [0.2, 0.25) is 17.7 Å². The number of aromatic nitrogens is 1. The molecule has 2 atom stereocenters. The summed E-state index contributed by atoms with van der Waals surface area (Å²) in [5.41, 5.74) is 5.35. The number of carbonyl (C=O) groups is 4. The number of unbranched alkanes of at least 4 members (excludes halogenated alkanes) is 3. The Bertz CT molecular complexity index is 1340. The molecule has 2 aromatic carbocycles. The number of carbonyl (C=O) groups excluding carboxylic acids is 4. The molecule has 0 radical (unpaired) electrons. The Morgan fingerprint density at radius 2 is 1.70 bits per heavy atom. The Kier molecular flexibility index (Phi) is 9.91. The van der Waals surface area contributed by atoms with E-state index in [1.165, 1.54) is 7.11 Å². The van der Waals surface area contributed by atoms with Crippen molar-refractivity contribution in [2.24, 2.45) is 0 Å². The predicted octanol–water partition coefficient (Wildman–Crippen LogP) is 3.17. The number of para-hydroxylation sites is 1. The highest BCUT2D eigenvalue weighted by Crippen LogP contribution is 2.31. The number of hydrogen-bond acceptors (Lipinski definition) is 6. The van der Waals surface area contributed by atoms with E-state index in [0.29, 0.717) is 19.3 Å². The zero-order valence-corrected chi connectivity index (χ0v) is 22.7. The summed E-state index contributed by atoms with van der Waals surface area (Å²) in [6.07, 6.45) is 3.81. The molecular weight excluding hydrogens is 512 g/mol. The van der Waals surface area contributed by atoms with Crippen molar-refractivity contribution in [3.05, 3.63) is 71.4 Å². The molecule has 1 aromatic heterocycles. The van der Waals surface area contributed by atoms with Gasteiger partial charge in [0.05, 0.1) is 13.7 Å². The molecule has 0 saturated carbocycles. The summed E-state index contributed by atoms with van der Waals surface area (Å²) >= 11 is 0. The Balaban J connectivity index is 1.49. The van der Waals surface area contributed by atoms with Gasteiger partial charge in [-0.15, -0.1) is 0 Å². The molecule has 3 amide bonds. The Morgan fingerprint density at radius 3 is 2.42 bits per heavy atom. The summed E-state index contributed by atoms with van der Waals surface area (Å²) in [5.74, 6) is -1.51. The minimum absolute atomic E-state index is 0.143. The monoisotopic (exact) mass is 548 g/mol. The van der Waals surface area contributed by atoms with Gasteiger partial charge < -0.3 is 19.9 Å². The van der Waals surface area contributed by atoms with E-state index >= 15 is 0 Å². The molecule has 0 bridgehead atoms. The smallest absolute Gasteiger partial charge is 0.328 e. The standard InChI is InChI=1S/C30H36N4O6/c1-40-30(38)24(17-20-11-5-4-6-12-20)32-29(37)26-18-22-21-13-9-10-14-23(21)31-25(22)19-34(26)28(36)16-8-3-2-7-15-27(35)33-39/h4-6,9-14,24,26,31,39H,2-3,7-8,15-19H2,1H3,(H,32,37)(H,33,35)/t24-,26+/m0/s1. The van der Waals surface area contributed by atoms with Crippen molar-refractivity contribution in [2.75, 3.05) is 7.11 Å². The van der Waals surface area contributed by atoms with Gasteiger partial charge in [-0.05, 0) is 30.0 Å². The molecule has 0 fully saturated rings. The third-order valence-corrected chi connectivity index (χ3v) is 7.38. The number of amides is 3. The maximum Gasteiger partial charge on any atom is 0.328 e. The fraction of sp³-hybridized carbons (Fsp3) is 0.400. The first-order valence-corrected chi connectivity index (χ1v) is 13.6. The van der Waals surface area contributed by atoms with Crippen molar-refractivity contribution in [3.63, 3.8) is 0 Å². The highest BCUT2D eigenvalue weighted by atomic mass is 16.5. The molecular formula is C30H36N4O6. The molecule has 0 spiro atoms. The first-order chi connectivity index (χ1) is 19.4. The number of H-pyrrole nitrogens is 1. The SMILES string of the molecule is COC(=O)[C@H](Cc1ccccc1)NC(=O)[C@H]1Cc2c([nH]c3ccccc23)CN1C(=O)CCCCCCC(=O)NO. The predicted molar refractivity (Wildman–Crippen MR) is 148 cm³/mol. The lowest BCUT2D eigenvalue weighted by Crippen LogP contribution is -2.56. The van der Waals surface area contributed by atoms with Gasteiger partial charge in [-0.25, -0.2) is 10.3 Å². The topological polar surface area (TPSA) is 141 Å². The van der Waals surface area contributed by atoms with Crippen molar-refractivity contribution in [3.8, 4) is 0 Å². The quantitative estimate of drug-likeness (QED) is 0.119. The maximum absolute atomic E-state index is 13.7. The van der Waals surface area contributed by atoms with Crippen LogP contribution < -0.4 is 10.8 Å². The number of benzene rings is 2. The number of nitrogens with zero attached hydrogens (tertiary/aromatic N) is 1. The van der Waals surface area contributed by atoms with E-state index in [1.54, 1.807) is 10.4 Å². The van der Waals surface area contributed by atoms with Crippen molar-refractivity contribution in [2.45, 2.75) is 70.0 Å². The number of esters is 1. The summed E-state index contributed by atoms with van der Waals surface area (Å²) < 4.78 is 4.98. The van der Waals surface area contributed by atoms with Crippen molar-refractivity contribution < 1.29 is 29.1 Å². The number of ether oxygens (including phenoxy) is 1. The zero-order chi connectivity index (χ0) is 28.5. The first-order valence-electron chi connectivity index (χ1n) is 13.6. The van der Waals surface area contributed by atoms with Gasteiger partial charge in [-0.3, -0.25) is 19.6 Å². The number of hydrogen-bond donors (Lipinski definition) is 4. The van der Waals surface area contributed by atoms with E-state index in [2.05, 4.69) is 10.3 Å². The zero-order valence-electron chi connectivity index (χ0n) is 22.7. The largest absolute Gasteiger partial charge is 0.467 e. The average Bonchev–Trinajstić information content (AvgIpc) is 3.35. The lowest BCUT2D eigenvalue weighted by molar-refractivity contribution is -0.147. The van der Waals surface area contributed by atoms with Gasteiger partial charge in [0.15, 0.2) is 0 Å². The minimum Gasteiger partial charge on any atom is -0.467 e. The third kappa shape index (κ3) is 7.06. The molecule has 0 unspecified atom stereocenters. The van der Waals surface area contributed by atoms with Gasteiger partial charge in [0, 0.05) is 42.3 Å². The van der Waals surface area contributed by atoms with Gasteiger partial charge in [0.1, 0.15) is 12.1 Å². The molecule has 40 heavy (non-hydrogen) atoms. The third-order valence-electron chi connectivity index (χ3n) is 7.38. The molecule has 1 aliphatic heterocycles. The summed E-state index contributed by atoms with van der Waals surface area (Å²) in [5, 5.41) is 12.5. The maximum atomic E-state index is 13.7. The summed E-state index contributed by atoms with van der Waals surface area (Å²) in [7, 11) is 1.29. The van der Waals surface area contributed by atoms with Gasteiger partial charge in [0.25, 0.3) is 0 Å². The summed E-state index contributed by atoms with van der Waals surface area (Å²) in [6.45, 7) is 0.263. The van der Waals surface area contributed by atoms with Crippen LogP contribution >= 0.6 is 0 Å². The Labute approximate surface area is 233 Å². The molecule has 10 heteroatoms. The number of rotatable bonds is 12. The first kappa shape index (κ1) is 28.8. The fourth-order valence-electron chi connectivity index (χ4n) is 5.27. The van der Waals surface area contributed by atoms with Crippen LogP contribution in [0.15, 0.2) is 54.6 Å². The fourth-order valence-corrected chi connectivity index (χ4v) is 5.27. The minimum atomic E-state index is -0.891. The van der Waals surface area contributed by atoms with Gasteiger partial charge in [-0.2, -0.15) is 0 Å². The van der Waals surface area contributed by atoms with Crippen LogP contribution in [-0.4, -0.2) is 58.0 Å². The summed E-state index contributed by atoms with van der Waals surface area (Å²) in [4.78, 5) is 55.9. The van der Waals surface area contributed by atoms with Crippen molar-refractivity contribution in [1.29, 1.82) is 0 Å². The molecule has 1 aliphatic rings. The van der Waals surface area contributed by atoms with Crippen LogP contribution in [-0.2, 0) is 43.3 Å². The van der Waals surface area contributed by atoms with Crippen molar-refractivity contribution >= 4 is 34.6 Å². The Morgan fingerprint density at radius 1 is 1.00 bits per heavy atom. The molecule has 4 N–H and O–H groups in total. The van der Waals surface area contributed by atoms with Crippen LogP contribution in [0.2, 0.25) is 0 Å². The van der Waals surface area contributed by atoms with E-state index in [-0.39, 0.29) is 31.7 Å². The van der Waals surface area contributed by atoms with Crippen LogP contribution in [0.1, 0.15) is 55.3 Å². The number of nitrogens with one attached hydrogen (secondary N) is 3. The Hall–Kier alpha value is -4.18. The average molecular weight is 549 g/mol. The molecule has 4 rings (SSSR count). The highest BCUT2D eigenvalue weighted by Gasteiger charge is 2.37. The number of methoxy groups -OCH3 is 1. The van der Waals surface area contributed by atoms with Crippen molar-refractivity contribution in [1.82, 2.24) is 20.7 Å². The molecule has 3 aromatic rings. The van der Waals surface area contributed by atoms with E-state index in [1.807, 2.05) is 54.6 Å². The van der Waals surface area contributed by atoms with Crippen LogP contribution in [0.5, 0.6) is 0 Å². The lowest BCUT2D eigenvalue weighted by Gasteiger charge is -2.35. The second kappa shape index (κ2) is 13.7. The lowest BCUT2D eigenvalue weighted by atomic mass is 9.94. The molecule has 10 nitrogen and oxygen atoms in total. The number of aromatic amines is 1. The number of fused-ring (bicyclic) bond motifs is 3. The highest BCUT2D eigenvalue weighted by molar-refractivity contribution is 5.93. The van der Waals surface area contributed by atoms with E-state index in [4.69, 9.17) is 9.94 Å². The number of hydroxylamine groups is 1. The molecule has 2 heterocycles. The molecule has 0 aliphatic carbocycles. The van der Waals surface area contributed by atoms with Crippen LogP contribution in [0.25, 0.3) is 10.9 Å². The van der Waals surface area contributed by atoms with Crippen LogP contribution in [0, 0.1) is 0 Å². The van der Waals surface area contributed by atoms with E-state index in [9.17, 15) is 19.2 Å². The van der Waals surface area contributed by atoms with Gasteiger partial charge in [-0.1, -0.05) is 61.4 Å². The van der Waals surface area contributed by atoms with Crippen LogP contribution in [0.4, 0.5) is 0 Å². The summed E-state index contributed by atoms with van der Waals surface area (Å²) in [6, 6.07) is 15.6. The van der Waals surface area contributed by atoms with Gasteiger partial charge >= 0.3 is 5.97 Å².